The number of nitrogens with zero attached hydrogens (tertiary/aromatic N) is 4. The van der Waals surface area contributed by atoms with Crippen LogP contribution in [0.2, 0.25) is 0 Å². The van der Waals surface area contributed by atoms with Crippen LogP contribution in [0.15, 0.2) is 90.4 Å². The molecule has 0 aliphatic carbocycles. The molecule has 0 amide bonds. The van der Waals surface area contributed by atoms with Crippen LogP contribution in [0.25, 0.3) is 33.6 Å². The molecule has 6 heteroatoms. The SMILES string of the molecule is C=C(C)n1c(=O)n(C(=O)Cc2c(-c3ccccc3)nc3ccccn23)c2ccccc21. The number of allylic oxidation sites excluding steroid dienone is 1. The summed E-state index contributed by atoms with van der Waals surface area (Å²) in [6, 6.07) is 22.7. The van der Waals surface area contributed by atoms with Gasteiger partial charge in [0, 0.05) is 17.5 Å². The number of pyridine rings is 1. The summed E-state index contributed by atoms with van der Waals surface area (Å²) in [7, 11) is 0. The molecule has 6 nitrogen and oxygen atoms in total. The van der Waals surface area contributed by atoms with Crippen molar-refractivity contribution in [1.82, 2.24) is 18.5 Å². The molecular weight excluding hydrogens is 388 g/mol. The highest BCUT2D eigenvalue weighted by Crippen LogP contribution is 2.25. The molecule has 2 aromatic carbocycles. The van der Waals surface area contributed by atoms with Gasteiger partial charge in [-0.15, -0.1) is 0 Å². The van der Waals surface area contributed by atoms with Crippen LogP contribution in [-0.4, -0.2) is 24.4 Å². The molecule has 0 aliphatic rings. The maximum absolute atomic E-state index is 13.5. The summed E-state index contributed by atoms with van der Waals surface area (Å²) in [5, 5.41) is 0. The molecule has 0 unspecified atom stereocenters. The molecule has 0 spiro atoms. The smallest absolute Gasteiger partial charge is 0.303 e. The zero-order valence-corrected chi connectivity index (χ0v) is 17.0. The molecule has 0 fully saturated rings. The van der Waals surface area contributed by atoms with Crippen LogP contribution in [0, 0.1) is 0 Å². The number of fused-ring (bicyclic) bond motifs is 2. The van der Waals surface area contributed by atoms with Crippen LogP contribution < -0.4 is 5.69 Å². The summed E-state index contributed by atoms with van der Waals surface area (Å²) in [6.45, 7) is 5.65. The Morgan fingerprint density at radius 3 is 2.26 bits per heavy atom. The molecular formula is C25H20N4O2. The second-order valence-corrected chi connectivity index (χ2v) is 7.45. The quantitative estimate of drug-likeness (QED) is 0.440. The highest BCUT2D eigenvalue weighted by molar-refractivity contribution is 5.93. The topological polar surface area (TPSA) is 61.3 Å². The first-order chi connectivity index (χ1) is 15.1. The van der Waals surface area contributed by atoms with Crippen molar-refractivity contribution in [3.05, 3.63) is 102 Å². The van der Waals surface area contributed by atoms with Crippen molar-refractivity contribution < 1.29 is 4.79 Å². The third kappa shape index (κ3) is 3.00. The van der Waals surface area contributed by atoms with Gasteiger partial charge in [0.2, 0.25) is 5.91 Å². The summed E-state index contributed by atoms with van der Waals surface area (Å²) in [4.78, 5) is 31.4. The standard InChI is InChI=1S/C25H20N4O2/c1-17(2)28-19-12-6-7-13-20(19)29(25(28)31)23(30)16-21-24(18-10-4-3-5-11-18)26-22-14-8-9-15-27(21)22/h3-15H,1,16H2,2H3. The Hall–Kier alpha value is -4.19. The molecule has 31 heavy (non-hydrogen) atoms. The predicted octanol–water partition coefficient (Wildman–Crippen LogP) is 4.49. The van der Waals surface area contributed by atoms with Gasteiger partial charge in [-0.05, 0) is 31.2 Å². The van der Waals surface area contributed by atoms with Crippen molar-refractivity contribution in [2.45, 2.75) is 13.3 Å². The Kier molecular flexibility index (Phi) is 4.40. The number of carbonyl (C=O) groups excluding carboxylic acids is 1. The van der Waals surface area contributed by atoms with Crippen LogP contribution in [0.4, 0.5) is 0 Å². The zero-order chi connectivity index (χ0) is 21.5. The number of aromatic nitrogens is 4. The molecule has 3 heterocycles. The Balaban J connectivity index is 1.69. The van der Waals surface area contributed by atoms with E-state index >= 15 is 0 Å². The first-order valence-electron chi connectivity index (χ1n) is 9.99. The fourth-order valence-corrected chi connectivity index (χ4v) is 4.02. The Morgan fingerprint density at radius 2 is 1.55 bits per heavy atom. The minimum absolute atomic E-state index is 0.0273. The Labute approximate surface area is 178 Å². The Bertz CT molecular complexity index is 1520. The maximum atomic E-state index is 13.5. The number of imidazole rings is 2. The van der Waals surface area contributed by atoms with E-state index in [0.717, 1.165) is 22.6 Å². The third-order valence-corrected chi connectivity index (χ3v) is 5.37. The third-order valence-electron chi connectivity index (χ3n) is 5.37. The molecule has 0 atom stereocenters. The van der Waals surface area contributed by atoms with E-state index < -0.39 is 5.69 Å². The lowest BCUT2D eigenvalue weighted by molar-refractivity contribution is 0.0913. The summed E-state index contributed by atoms with van der Waals surface area (Å²) < 4.78 is 4.62. The van der Waals surface area contributed by atoms with E-state index in [2.05, 4.69) is 6.58 Å². The summed E-state index contributed by atoms with van der Waals surface area (Å²) in [5.41, 5.74) is 4.53. The van der Waals surface area contributed by atoms with Crippen LogP contribution >= 0.6 is 0 Å². The van der Waals surface area contributed by atoms with E-state index in [9.17, 15) is 9.59 Å². The summed E-state index contributed by atoms with van der Waals surface area (Å²) in [5.74, 6) is -0.316. The van der Waals surface area contributed by atoms with Crippen LogP contribution in [0.1, 0.15) is 17.4 Å². The van der Waals surface area contributed by atoms with Gasteiger partial charge in [-0.25, -0.2) is 14.3 Å². The fraction of sp³-hybridized carbons (Fsp3) is 0.0800. The Morgan fingerprint density at radius 1 is 0.903 bits per heavy atom. The maximum Gasteiger partial charge on any atom is 0.340 e. The zero-order valence-electron chi connectivity index (χ0n) is 17.0. The van der Waals surface area contributed by atoms with Crippen molar-refractivity contribution >= 4 is 28.3 Å². The molecule has 0 saturated carbocycles. The van der Waals surface area contributed by atoms with Gasteiger partial charge in [-0.2, -0.15) is 0 Å². The second kappa shape index (κ2) is 7.25. The first kappa shape index (κ1) is 18.8. The highest BCUT2D eigenvalue weighted by atomic mass is 16.2. The van der Waals surface area contributed by atoms with Gasteiger partial charge in [0.15, 0.2) is 0 Å². The van der Waals surface area contributed by atoms with Gasteiger partial charge in [0.1, 0.15) is 5.65 Å². The average Bonchev–Trinajstić information content (AvgIpc) is 3.29. The molecule has 5 aromatic rings. The largest absolute Gasteiger partial charge is 0.340 e. The van der Waals surface area contributed by atoms with Crippen molar-refractivity contribution in [3.8, 4) is 11.3 Å². The first-order valence-corrected chi connectivity index (χ1v) is 9.99. The molecule has 0 radical (unpaired) electrons. The summed E-state index contributed by atoms with van der Waals surface area (Å²) >= 11 is 0. The lowest BCUT2D eigenvalue weighted by Crippen LogP contribution is -2.29. The van der Waals surface area contributed by atoms with Gasteiger partial charge in [-0.3, -0.25) is 9.36 Å². The van der Waals surface area contributed by atoms with E-state index in [1.54, 1.807) is 13.0 Å². The number of benzene rings is 2. The predicted molar refractivity (Wildman–Crippen MR) is 122 cm³/mol. The van der Waals surface area contributed by atoms with E-state index in [-0.39, 0.29) is 12.3 Å². The van der Waals surface area contributed by atoms with E-state index in [4.69, 9.17) is 4.98 Å². The molecule has 3 aromatic heterocycles. The summed E-state index contributed by atoms with van der Waals surface area (Å²) in [6.07, 6.45) is 1.91. The van der Waals surface area contributed by atoms with Crippen molar-refractivity contribution in [2.75, 3.05) is 0 Å². The van der Waals surface area contributed by atoms with Crippen LogP contribution in [-0.2, 0) is 6.42 Å². The van der Waals surface area contributed by atoms with Gasteiger partial charge < -0.3 is 4.40 Å². The number of hydrogen-bond acceptors (Lipinski definition) is 3. The highest BCUT2D eigenvalue weighted by Gasteiger charge is 2.22. The van der Waals surface area contributed by atoms with Crippen LogP contribution in [0.5, 0.6) is 0 Å². The molecule has 0 bridgehead atoms. The van der Waals surface area contributed by atoms with Crippen molar-refractivity contribution in [3.63, 3.8) is 0 Å². The lowest BCUT2D eigenvalue weighted by Gasteiger charge is -2.06. The molecule has 0 saturated heterocycles. The second-order valence-electron chi connectivity index (χ2n) is 7.45. The molecule has 0 aliphatic heterocycles. The molecule has 152 valence electrons. The number of rotatable bonds is 4. The normalized spacial score (nSPS) is 11.3. The van der Waals surface area contributed by atoms with E-state index in [0.29, 0.717) is 16.7 Å². The van der Waals surface area contributed by atoms with E-state index in [1.165, 1.54) is 9.13 Å². The minimum Gasteiger partial charge on any atom is -0.303 e. The van der Waals surface area contributed by atoms with Crippen LogP contribution in [0.3, 0.4) is 0 Å². The average molecular weight is 408 g/mol. The van der Waals surface area contributed by atoms with Crippen molar-refractivity contribution in [2.24, 2.45) is 0 Å². The fourth-order valence-electron chi connectivity index (χ4n) is 4.02. The lowest BCUT2D eigenvalue weighted by atomic mass is 10.1. The van der Waals surface area contributed by atoms with E-state index in [1.807, 2.05) is 77.3 Å². The van der Waals surface area contributed by atoms with Gasteiger partial charge in [0.05, 0.1) is 28.8 Å². The number of para-hydroxylation sites is 2. The molecule has 0 N–H and O–H groups in total. The monoisotopic (exact) mass is 408 g/mol. The number of hydrogen-bond donors (Lipinski definition) is 0. The number of carbonyl (C=O) groups is 1. The molecule has 5 rings (SSSR count). The van der Waals surface area contributed by atoms with Gasteiger partial charge >= 0.3 is 5.69 Å². The van der Waals surface area contributed by atoms with Gasteiger partial charge in [0.25, 0.3) is 0 Å². The van der Waals surface area contributed by atoms with Gasteiger partial charge in [-0.1, -0.05) is 55.1 Å². The van der Waals surface area contributed by atoms with Crippen molar-refractivity contribution in [1.29, 1.82) is 0 Å². The minimum atomic E-state index is -0.409.